The predicted octanol–water partition coefficient (Wildman–Crippen LogP) is 2.22. The summed E-state index contributed by atoms with van der Waals surface area (Å²) in [7, 11) is 0. The lowest BCUT2D eigenvalue weighted by Crippen LogP contribution is -2.18. The smallest absolute Gasteiger partial charge is 0.337 e. The zero-order chi connectivity index (χ0) is 15.0. The topological polar surface area (TPSA) is 75.1 Å². The molecule has 2 aromatic carbocycles. The van der Waals surface area contributed by atoms with Crippen LogP contribution in [0.1, 0.15) is 15.9 Å². The number of hydrogen-bond acceptors (Lipinski definition) is 2. The number of H-pyrrole nitrogens is 1. The molecule has 5 nitrogen and oxygen atoms in total. The van der Waals surface area contributed by atoms with Crippen LogP contribution in [0.15, 0.2) is 47.3 Å². The number of carboxylic acids is 1. The van der Waals surface area contributed by atoms with E-state index in [4.69, 9.17) is 0 Å². The van der Waals surface area contributed by atoms with Crippen molar-refractivity contribution in [2.24, 2.45) is 0 Å². The van der Waals surface area contributed by atoms with Crippen molar-refractivity contribution in [1.82, 2.24) is 9.55 Å². The lowest BCUT2D eigenvalue weighted by molar-refractivity contribution is 0.0698. The molecule has 0 atom stereocenters. The minimum atomic E-state index is -1.12. The van der Waals surface area contributed by atoms with Crippen LogP contribution in [0.2, 0.25) is 0 Å². The summed E-state index contributed by atoms with van der Waals surface area (Å²) in [5, 5.41) is 9.24. The predicted molar refractivity (Wildman–Crippen MR) is 75.0 cm³/mol. The normalized spacial score (nSPS) is 10.9. The van der Waals surface area contributed by atoms with Crippen molar-refractivity contribution in [1.29, 1.82) is 0 Å². The van der Waals surface area contributed by atoms with Crippen LogP contribution in [-0.2, 0) is 6.54 Å². The quantitative estimate of drug-likeness (QED) is 0.775. The highest BCUT2D eigenvalue weighted by Gasteiger charge is 2.15. The van der Waals surface area contributed by atoms with Crippen LogP contribution in [0.4, 0.5) is 4.39 Å². The van der Waals surface area contributed by atoms with E-state index in [2.05, 4.69) is 4.98 Å². The van der Waals surface area contributed by atoms with Gasteiger partial charge in [-0.25, -0.2) is 14.0 Å². The lowest BCUT2D eigenvalue weighted by Gasteiger charge is -2.06. The van der Waals surface area contributed by atoms with Crippen LogP contribution < -0.4 is 5.69 Å². The van der Waals surface area contributed by atoms with Crippen molar-refractivity contribution in [3.05, 3.63) is 69.9 Å². The fourth-order valence-corrected chi connectivity index (χ4v) is 2.36. The van der Waals surface area contributed by atoms with E-state index in [0.29, 0.717) is 16.6 Å². The largest absolute Gasteiger partial charge is 0.478 e. The van der Waals surface area contributed by atoms with Crippen LogP contribution in [0, 0.1) is 5.82 Å². The number of halogens is 1. The fraction of sp³-hybridized carbons (Fsp3) is 0.0667. The molecule has 0 fully saturated rings. The van der Waals surface area contributed by atoms with Gasteiger partial charge in [0.1, 0.15) is 5.82 Å². The molecular formula is C15H11FN2O3. The molecule has 0 bridgehead atoms. The Bertz CT molecular complexity index is 895. The Kier molecular flexibility index (Phi) is 3.06. The first-order valence-electron chi connectivity index (χ1n) is 6.25. The number of nitrogens with zero attached hydrogens (tertiary/aromatic N) is 1. The summed E-state index contributed by atoms with van der Waals surface area (Å²) in [4.78, 5) is 25.9. The zero-order valence-corrected chi connectivity index (χ0v) is 10.8. The summed E-state index contributed by atoms with van der Waals surface area (Å²) < 4.78 is 14.5. The fourth-order valence-electron chi connectivity index (χ4n) is 2.36. The van der Waals surface area contributed by atoms with Gasteiger partial charge in [0, 0.05) is 0 Å². The van der Waals surface area contributed by atoms with Gasteiger partial charge in [-0.05, 0) is 29.8 Å². The van der Waals surface area contributed by atoms with Gasteiger partial charge < -0.3 is 10.1 Å². The molecule has 1 aromatic heterocycles. The number of imidazole rings is 1. The number of carbonyl (C=O) groups is 1. The molecule has 2 N–H and O–H groups in total. The first-order valence-corrected chi connectivity index (χ1v) is 6.25. The number of nitrogens with one attached hydrogen (secondary N) is 1. The molecule has 3 rings (SSSR count). The van der Waals surface area contributed by atoms with E-state index in [0.717, 1.165) is 0 Å². The molecule has 21 heavy (non-hydrogen) atoms. The van der Waals surface area contributed by atoms with Crippen molar-refractivity contribution in [2.45, 2.75) is 6.54 Å². The maximum atomic E-state index is 13.2. The highest BCUT2D eigenvalue weighted by molar-refractivity contribution is 6.01. The van der Waals surface area contributed by atoms with Gasteiger partial charge in [0.15, 0.2) is 0 Å². The molecule has 0 saturated carbocycles. The van der Waals surface area contributed by atoms with Crippen LogP contribution in [0.5, 0.6) is 0 Å². The van der Waals surface area contributed by atoms with E-state index in [1.165, 1.54) is 22.8 Å². The third-order valence-corrected chi connectivity index (χ3v) is 3.25. The lowest BCUT2D eigenvalue weighted by atomic mass is 10.1. The molecule has 0 aliphatic rings. The number of para-hydroxylation sites is 1. The second kappa shape index (κ2) is 4.90. The molecule has 1 heterocycles. The molecule has 3 aromatic rings. The number of carboxylic acid groups (broad SMARTS) is 1. The minimum Gasteiger partial charge on any atom is -0.478 e. The number of benzene rings is 2. The first kappa shape index (κ1) is 13.1. The highest BCUT2D eigenvalue weighted by atomic mass is 19.1. The van der Waals surface area contributed by atoms with E-state index in [-0.39, 0.29) is 12.1 Å². The van der Waals surface area contributed by atoms with Gasteiger partial charge in [-0.2, -0.15) is 0 Å². The highest BCUT2D eigenvalue weighted by Crippen LogP contribution is 2.17. The van der Waals surface area contributed by atoms with E-state index in [1.807, 2.05) is 0 Å². The van der Waals surface area contributed by atoms with Gasteiger partial charge in [0.05, 0.1) is 23.1 Å². The van der Waals surface area contributed by atoms with Gasteiger partial charge in [-0.1, -0.05) is 18.2 Å². The second-order valence-electron chi connectivity index (χ2n) is 4.65. The number of aromatic carboxylic acids is 1. The van der Waals surface area contributed by atoms with Gasteiger partial charge in [-0.3, -0.25) is 4.57 Å². The second-order valence-corrected chi connectivity index (χ2v) is 4.65. The summed E-state index contributed by atoms with van der Waals surface area (Å²) in [6.45, 7) is 0.0981. The van der Waals surface area contributed by atoms with Crippen molar-refractivity contribution in [3.63, 3.8) is 0 Å². The number of fused-ring (bicyclic) bond motifs is 1. The summed E-state index contributed by atoms with van der Waals surface area (Å²) >= 11 is 0. The third kappa shape index (κ3) is 2.31. The summed E-state index contributed by atoms with van der Waals surface area (Å²) in [5.41, 5.74) is 0.930. The molecule has 6 heteroatoms. The van der Waals surface area contributed by atoms with Gasteiger partial charge in [0.2, 0.25) is 0 Å². The van der Waals surface area contributed by atoms with Crippen molar-refractivity contribution in [2.75, 3.05) is 0 Å². The molecule has 0 aliphatic carbocycles. The van der Waals surface area contributed by atoms with Crippen molar-refractivity contribution >= 4 is 17.0 Å². The Balaban J connectivity index is 2.20. The van der Waals surface area contributed by atoms with E-state index in [9.17, 15) is 19.1 Å². The maximum Gasteiger partial charge on any atom is 0.337 e. The first-order chi connectivity index (χ1) is 10.1. The average Bonchev–Trinajstić information content (AvgIpc) is 2.75. The monoisotopic (exact) mass is 286 g/mol. The van der Waals surface area contributed by atoms with E-state index >= 15 is 0 Å². The molecular weight excluding hydrogens is 275 g/mol. The molecule has 0 spiro atoms. The Morgan fingerprint density at radius 3 is 2.71 bits per heavy atom. The zero-order valence-electron chi connectivity index (χ0n) is 10.8. The van der Waals surface area contributed by atoms with E-state index < -0.39 is 17.5 Å². The Morgan fingerprint density at radius 1 is 1.24 bits per heavy atom. The van der Waals surface area contributed by atoms with Crippen molar-refractivity contribution in [3.8, 4) is 0 Å². The molecule has 0 unspecified atom stereocenters. The standard InChI is InChI=1S/C15H11FN2O3/c16-10-4-1-3-9(7-10)8-18-13-11(14(19)20)5-2-6-12(13)17-15(18)21/h1-7H,8H2,(H,17,21)(H,19,20). The molecule has 0 amide bonds. The number of aromatic nitrogens is 2. The van der Waals surface area contributed by atoms with E-state index in [1.54, 1.807) is 24.3 Å². The average molecular weight is 286 g/mol. The third-order valence-electron chi connectivity index (χ3n) is 3.25. The Hall–Kier alpha value is -2.89. The van der Waals surface area contributed by atoms with Gasteiger partial charge in [-0.15, -0.1) is 0 Å². The van der Waals surface area contributed by atoms with Crippen LogP contribution in [-0.4, -0.2) is 20.6 Å². The molecule has 0 saturated heterocycles. The van der Waals surface area contributed by atoms with Crippen LogP contribution in [0.3, 0.4) is 0 Å². The number of aromatic amines is 1. The summed E-state index contributed by atoms with van der Waals surface area (Å²) in [5.74, 6) is -1.52. The Labute approximate surface area is 118 Å². The SMILES string of the molecule is O=C(O)c1cccc2[nH]c(=O)n(Cc3cccc(F)c3)c12. The summed E-state index contributed by atoms with van der Waals surface area (Å²) in [6.07, 6.45) is 0. The molecule has 106 valence electrons. The molecule has 0 aliphatic heterocycles. The number of hydrogen-bond donors (Lipinski definition) is 2. The minimum absolute atomic E-state index is 0.0299. The van der Waals surface area contributed by atoms with Crippen molar-refractivity contribution < 1.29 is 14.3 Å². The van der Waals surface area contributed by atoms with Gasteiger partial charge in [0.25, 0.3) is 0 Å². The molecule has 0 radical (unpaired) electrons. The van der Waals surface area contributed by atoms with Crippen LogP contribution >= 0.6 is 0 Å². The number of rotatable bonds is 3. The summed E-state index contributed by atoms with van der Waals surface area (Å²) in [6, 6.07) is 10.5. The van der Waals surface area contributed by atoms with Gasteiger partial charge >= 0.3 is 11.7 Å². The van der Waals surface area contributed by atoms with Crippen LogP contribution in [0.25, 0.3) is 11.0 Å². The Morgan fingerprint density at radius 2 is 2.00 bits per heavy atom. The maximum absolute atomic E-state index is 13.2.